The highest BCUT2D eigenvalue weighted by molar-refractivity contribution is 7.98. The van der Waals surface area contributed by atoms with Gasteiger partial charge in [-0.15, -0.1) is 16.8 Å². The van der Waals surface area contributed by atoms with Gasteiger partial charge >= 0.3 is 0 Å². The van der Waals surface area contributed by atoms with Gasteiger partial charge in [-0.3, -0.25) is 4.57 Å². The van der Waals surface area contributed by atoms with Gasteiger partial charge in [0.1, 0.15) is 6.61 Å². The molecule has 0 N–H and O–H groups in total. The molecule has 0 spiro atoms. The van der Waals surface area contributed by atoms with E-state index in [1.165, 1.54) is 11.8 Å². The summed E-state index contributed by atoms with van der Waals surface area (Å²) in [5.41, 5.74) is 0. The van der Waals surface area contributed by atoms with Crippen LogP contribution in [0.5, 0.6) is 11.5 Å². The Morgan fingerprint density at radius 2 is 2.10 bits per heavy atom. The first-order chi connectivity index (χ1) is 14.1. The monoisotopic (exact) mass is 413 g/mol. The van der Waals surface area contributed by atoms with Crippen LogP contribution in [0, 0.1) is 5.92 Å². The Kier molecular flexibility index (Phi) is 5.84. The lowest BCUT2D eigenvalue weighted by atomic mass is 10.1. The summed E-state index contributed by atoms with van der Waals surface area (Å²) >= 11 is 1.49. The molecule has 3 heterocycles. The van der Waals surface area contributed by atoms with Gasteiger partial charge in [-0.2, -0.15) is 4.98 Å². The van der Waals surface area contributed by atoms with Gasteiger partial charge in [-0.25, -0.2) is 0 Å². The molecular formula is C20H23N5O3S. The van der Waals surface area contributed by atoms with Crippen LogP contribution in [0.3, 0.4) is 0 Å². The molecule has 0 aliphatic carbocycles. The molecule has 29 heavy (non-hydrogen) atoms. The predicted octanol–water partition coefficient (Wildman–Crippen LogP) is 3.85. The Labute approximate surface area is 173 Å². The van der Waals surface area contributed by atoms with E-state index in [0.717, 1.165) is 23.2 Å². The third-order valence-corrected chi connectivity index (χ3v) is 5.23. The third kappa shape index (κ3) is 4.45. The Balaban J connectivity index is 1.48. The first-order valence-corrected chi connectivity index (χ1v) is 10.5. The summed E-state index contributed by atoms with van der Waals surface area (Å²) in [6.45, 7) is 9.04. The number of allylic oxidation sites excluding steroid dienone is 1. The van der Waals surface area contributed by atoms with E-state index in [4.69, 9.17) is 14.0 Å². The molecule has 0 amide bonds. The number of nitrogens with zero attached hydrogens (tertiary/aromatic N) is 5. The summed E-state index contributed by atoms with van der Waals surface area (Å²) < 4.78 is 19.2. The third-order valence-electron chi connectivity index (χ3n) is 4.28. The molecule has 1 unspecified atom stereocenters. The normalized spacial score (nSPS) is 15.6. The lowest BCUT2D eigenvalue weighted by Gasteiger charge is -2.26. The van der Waals surface area contributed by atoms with Crippen molar-refractivity contribution in [3.05, 3.63) is 54.5 Å². The fraction of sp³-hybridized carbons (Fsp3) is 0.400. The van der Waals surface area contributed by atoms with Crippen LogP contribution in [-0.2, 0) is 18.7 Å². The topological polar surface area (TPSA) is 88.1 Å². The molecule has 1 aliphatic rings. The summed E-state index contributed by atoms with van der Waals surface area (Å²) in [7, 11) is 0. The Hall–Kier alpha value is -2.81. The average molecular weight is 414 g/mol. The van der Waals surface area contributed by atoms with Gasteiger partial charge in [0.05, 0.1) is 5.75 Å². The molecule has 1 aliphatic heterocycles. The van der Waals surface area contributed by atoms with Crippen LogP contribution in [0.4, 0.5) is 0 Å². The molecule has 4 rings (SSSR count). The molecule has 8 nitrogen and oxygen atoms in total. The van der Waals surface area contributed by atoms with E-state index in [2.05, 4.69) is 40.8 Å². The van der Waals surface area contributed by atoms with E-state index < -0.39 is 0 Å². The van der Waals surface area contributed by atoms with Crippen molar-refractivity contribution in [1.82, 2.24) is 24.9 Å². The summed E-state index contributed by atoms with van der Waals surface area (Å²) in [5.74, 6) is 4.45. The van der Waals surface area contributed by atoms with Crippen molar-refractivity contribution in [3.63, 3.8) is 0 Å². The van der Waals surface area contributed by atoms with Crippen LogP contribution in [0.2, 0.25) is 0 Å². The average Bonchev–Trinajstić information content (AvgIpc) is 3.32. The zero-order valence-electron chi connectivity index (χ0n) is 16.4. The molecule has 1 aromatic carbocycles. The Morgan fingerprint density at radius 3 is 2.90 bits per heavy atom. The number of rotatable bonds is 8. The van der Waals surface area contributed by atoms with Crippen molar-refractivity contribution in [2.75, 3.05) is 6.61 Å². The van der Waals surface area contributed by atoms with Crippen LogP contribution in [0.15, 0.2) is 46.6 Å². The maximum atomic E-state index is 6.09. The van der Waals surface area contributed by atoms with E-state index >= 15 is 0 Å². The van der Waals surface area contributed by atoms with Crippen molar-refractivity contribution in [3.8, 4) is 11.5 Å². The molecule has 3 aromatic rings. The number of aromatic nitrogens is 5. The quantitative estimate of drug-likeness (QED) is 0.406. The van der Waals surface area contributed by atoms with Crippen LogP contribution in [0.1, 0.15) is 37.5 Å². The zero-order chi connectivity index (χ0) is 20.2. The van der Waals surface area contributed by atoms with Crippen LogP contribution in [0.25, 0.3) is 0 Å². The molecule has 0 saturated carbocycles. The summed E-state index contributed by atoms with van der Waals surface area (Å²) in [4.78, 5) is 4.44. The number of fused-ring (bicyclic) bond motifs is 1. The minimum atomic E-state index is -0.340. The number of para-hydroxylation sites is 2. The summed E-state index contributed by atoms with van der Waals surface area (Å²) in [6.07, 6.45) is 2.26. The van der Waals surface area contributed by atoms with E-state index in [9.17, 15) is 0 Å². The highest BCUT2D eigenvalue weighted by Crippen LogP contribution is 2.36. The second-order valence-electron chi connectivity index (χ2n) is 7.10. The lowest BCUT2D eigenvalue weighted by molar-refractivity contribution is 0.0821. The molecule has 2 aromatic heterocycles. The Morgan fingerprint density at radius 1 is 1.28 bits per heavy atom. The SMILES string of the molecule is C=CCn1c(SCc2nc(CC(C)C)no2)nnc1C1COc2ccccc2O1. The van der Waals surface area contributed by atoms with Gasteiger partial charge in [0, 0.05) is 13.0 Å². The molecule has 0 radical (unpaired) electrons. The van der Waals surface area contributed by atoms with Gasteiger partial charge in [0.25, 0.3) is 0 Å². The maximum Gasteiger partial charge on any atom is 0.237 e. The first kappa shape index (κ1) is 19.5. The summed E-state index contributed by atoms with van der Waals surface area (Å²) in [6, 6.07) is 7.61. The van der Waals surface area contributed by atoms with Crippen LogP contribution >= 0.6 is 11.8 Å². The molecule has 0 fully saturated rings. The molecular weight excluding hydrogens is 390 g/mol. The van der Waals surface area contributed by atoms with Gasteiger partial charge in [-0.1, -0.05) is 49.0 Å². The number of ether oxygens (including phenoxy) is 2. The second-order valence-corrected chi connectivity index (χ2v) is 8.04. The van der Waals surface area contributed by atoms with Crippen LogP contribution < -0.4 is 9.47 Å². The highest BCUT2D eigenvalue weighted by atomic mass is 32.2. The highest BCUT2D eigenvalue weighted by Gasteiger charge is 2.28. The minimum absolute atomic E-state index is 0.340. The largest absolute Gasteiger partial charge is 0.485 e. The van der Waals surface area contributed by atoms with Gasteiger partial charge < -0.3 is 14.0 Å². The van der Waals surface area contributed by atoms with Gasteiger partial charge in [0.2, 0.25) is 5.89 Å². The maximum absolute atomic E-state index is 6.09. The van der Waals surface area contributed by atoms with Gasteiger partial charge in [0.15, 0.2) is 34.4 Å². The predicted molar refractivity (Wildman–Crippen MR) is 108 cm³/mol. The Bertz CT molecular complexity index is 984. The molecule has 9 heteroatoms. The number of hydrogen-bond donors (Lipinski definition) is 0. The number of thioether (sulfide) groups is 1. The molecule has 1 atom stereocenters. The van der Waals surface area contributed by atoms with Crippen LogP contribution in [-0.4, -0.2) is 31.5 Å². The van der Waals surface area contributed by atoms with Crippen molar-refractivity contribution >= 4 is 11.8 Å². The smallest absolute Gasteiger partial charge is 0.237 e. The fourth-order valence-electron chi connectivity index (χ4n) is 3.02. The van der Waals surface area contributed by atoms with E-state index in [0.29, 0.717) is 42.3 Å². The first-order valence-electron chi connectivity index (χ1n) is 9.50. The second kappa shape index (κ2) is 8.69. The van der Waals surface area contributed by atoms with Crippen molar-refractivity contribution in [1.29, 1.82) is 0 Å². The molecule has 0 bridgehead atoms. The van der Waals surface area contributed by atoms with Gasteiger partial charge in [-0.05, 0) is 18.1 Å². The fourth-order valence-corrected chi connectivity index (χ4v) is 3.81. The summed E-state index contributed by atoms with van der Waals surface area (Å²) in [5, 5.41) is 13.5. The van der Waals surface area contributed by atoms with E-state index in [1.807, 2.05) is 34.9 Å². The molecule has 152 valence electrons. The van der Waals surface area contributed by atoms with E-state index in [-0.39, 0.29) is 6.10 Å². The van der Waals surface area contributed by atoms with Crippen molar-refractivity contribution in [2.24, 2.45) is 5.92 Å². The standard InChI is InChI=1S/C20H23N5O3S/c1-4-9-25-19(16-11-26-14-7-5-6-8-15(14)27-16)22-23-20(25)29-12-18-21-17(24-28-18)10-13(2)3/h4-8,13,16H,1,9-12H2,2-3H3. The van der Waals surface area contributed by atoms with Crippen molar-refractivity contribution in [2.45, 2.75) is 43.8 Å². The van der Waals surface area contributed by atoms with E-state index in [1.54, 1.807) is 0 Å². The zero-order valence-corrected chi connectivity index (χ0v) is 17.3. The minimum Gasteiger partial charge on any atom is -0.485 e. The molecule has 0 saturated heterocycles. The lowest BCUT2D eigenvalue weighted by Crippen LogP contribution is -2.25. The number of hydrogen-bond acceptors (Lipinski definition) is 8. The van der Waals surface area contributed by atoms with Crippen molar-refractivity contribution < 1.29 is 14.0 Å². The number of benzene rings is 1.